The van der Waals surface area contributed by atoms with Gasteiger partial charge in [0.1, 0.15) is 0 Å². The van der Waals surface area contributed by atoms with E-state index in [9.17, 15) is 13.2 Å². The number of aryl methyl sites for hydroxylation is 1. The summed E-state index contributed by atoms with van der Waals surface area (Å²) in [7, 11) is -3.73. The first-order chi connectivity index (χ1) is 13.9. The second kappa shape index (κ2) is 8.98. The minimum Gasteiger partial charge on any atom is -0.490 e. The van der Waals surface area contributed by atoms with Crippen LogP contribution in [0.2, 0.25) is 0 Å². The number of thiazole rings is 1. The third-order valence-corrected chi connectivity index (χ3v) is 6.68. The number of sulfonamides is 1. The summed E-state index contributed by atoms with van der Waals surface area (Å²) in [4.78, 5) is 12.0. The van der Waals surface area contributed by atoms with Crippen LogP contribution in [0.1, 0.15) is 26.3 Å². The summed E-state index contributed by atoms with van der Waals surface area (Å²) in [5.41, 5.74) is 1.50. The monoisotopic (exact) mass is 436 g/mol. The molecule has 0 bridgehead atoms. The summed E-state index contributed by atoms with van der Waals surface area (Å²) in [5.74, 6) is 1.21. The number of ether oxygens (including phenoxy) is 2. The van der Waals surface area contributed by atoms with E-state index in [4.69, 9.17) is 9.47 Å². The number of hydrogen-bond donors (Lipinski definition) is 1. The standard InChI is InChI=1S/C20H24N2O5S2/c1-4-22-16-9-8-15(12-19(16)28-20(22)23)29(24,25)21-13-14-7-10-17(26-5-2)18(11-14)27-6-3/h7-12,21H,4-6,13H2,1-3H3. The van der Waals surface area contributed by atoms with Crippen LogP contribution >= 0.6 is 11.3 Å². The minimum absolute atomic E-state index is 0.0946. The smallest absolute Gasteiger partial charge is 0.308 e. The molecule has 0 amide bonds. The second-order valence-corrected chi connectivity index (χ2v) is 8.97. The average molecular weight is 437 g/mol. The maximum Gasteiger partial charge on any atom is 0.308 e. The molecular weight excluding hydrogens is 412 g/mol. The lowest BCUT2D eigenvalue weighted by atomic mass is 10.2. The molecule has 156 valence electrons. The van der Waals surface area contributed by atoms with Gasteiger partial charge in [0.15, 0.2) is 11.5 Å². The van der Waals surface area contributed by atoms with E-state index in [0.29, 0.717) is 36.0 Å². The van der Waals surface area contributed by atoms with Gasteiger partial charge in [0.05, 0.1) is 28.3 Å². The zero-order chi connectivity index (χ0) is 21.0. The maximum absolute atomic E-state index is 12.7. The fraction of sp³-hybridized carbons (Fsp3) is 0.350. The van der Waals surface area contributed by atoms with E-state index in [1.807, 2.05) is 20.8 Å². The van der Waals surface area contributed by atoms with Crippen molar-refractivity contribution in [3.8, 4) is 11.5 Å². The molecule has 0 spiro atoms. The Morgan fingerprint density at radius 1 is 1.00 bits per heavy atom. The van der Waals surface area contributed by atoms with Crippen molar-refractivity contribution in [1.82, 2.24) is 9.29 Å². The van der Waals surface area contributed by atoms with Crippen LogP contribution in [0.25, 0.3) is 10.2 Å². The highest BCUT2D eigenvalue weighted by molar-refractivity contribution is 7.89. The normalized spacial score (nSPS) is 11.7. The van der Waals surface area contributed by atoms with Gasteiger partial charge in [-0.3, -0.25) is 9.36 Å². The molecule has 0 unspecified atom stereocenters. The highest BCUT2D eigenvalue weighted by Gasteiger charge is 2.17. The summed E-state index contributed by atoms with van der Waals surface area (Å²) in [6, 6.07) is 10.1. The Labute approximate surface area is 173 Å². The van der Waals surface area contributed by atoms with Crippen molar-refractivity contribution < 1.29 is 17.9 Å². The predicted molar refractivity (Wildman–Crippen MR) is 115 cm³/mol. The van der Waals surface area contributed by atoms with Gasteiger partial charge in [0, 0.05) is 13.1 Å². The lowest BCUT2D eigenvalue weighted by Gasteiger charge is -2.13. The van der Waals surface area contributed by atoms with Crippen molar-refractivity contribution in [2.24, 2.45) is 0 Å². The van der Waals surface area contributed by atoms with E-state index in [0.717, 1.165) is 22.4 Å². The number of fused-ring (bicyclic) bond motifs is 1. The molecule has 3 aromatic rings. The number of benzene rings is 2. The van der Waals surface area contributed by atoms with E-state index in [1.54, 1.807) is 34.9 Å². The third-order valence-electron chi connectivity index (χ3n) is 4.34. The number of nitrogens with one attached hydrogen (secondary N) is 1. The van der Waals surface area contributed by atoms with Crippen molar-refractivity contribution >= 4 is 31.6 Å². The van der Waals surface area contributed by atoms with Gasteiger partial charge in [-0.15, -0.1) is 0 Å². The van der Waals surface area contributed by atoms with Crippen LogP contribution < -0.4 is 19.1 Å². The molecule has 0 aliphatic rings. The van der Waals surface area contributed by atoms with Gasteiger partial charge in [0.2, 0.25) is 10.0 Å². The molecule has 0 aliphatic heterocycles. The molecule has 1 N–H and O–H groups in total. The van der Waals surface area contributed by atoms with Gasteiger partial charge < -0.3 is 9.47 Å². The van der Waals surface area contributed by atoms with Crippen LogP contribution in [0.3, 0.4) is 0 Å². The lowest BCUT2D eigenvalue weighted by molar-refractivity contribution is 0.287. The molecule has 0 fully saturated rings. The highest BCUT2D eigenvalue weighted by atomic mass is 32.2. The number of nitrogens with zero attached hydrogens (tertiary/aromatic N) is 1. The molecule has 3 rings (SSSR count). The first-order valence-corrected chi connectivity index (χ1v) is 11.7. The van der Waals surface area contributed by atoms with Gasteiger partial charge >= 0.3 is 4.87 Å². The van der Waals surface area contributed by atoms with Crippen LogP contribution in [0.15, 0.2) is 46.1 Å². The quantitative estimate of drug-likeness (QED) is 0.556. The molecule has 0 saturated heterocycles. The Hall–Kier alpha value is -2.36. The van der Waals surface area contributed by atoms with Crippen LogP contribution in [0.4, 0.5) is 0 Å². The van der Waals surface area contributed by atoms with Gasteiger partial charge in [-0.25, -0.2) is 13.1 Å². The van der Waals surface area contributed by atoms with Gasteiger partial charge in [0.25, 0.3) is 0 Å². The minimum atomic E-state index is -3.73. The molecule has 0 radical (unpaired) electrons. The molecular formula is C20H24N2O5S2. The van der Waals surface area contributed by atoms with Crippen LogP contribution in [0.5, 0.6) is 11.5 Å². The molecule has 0 aliphatic carbocycles. The molecule has 1 heterocycles. The summed E-state index contributed by atoms with van der Waals surface area (Å²) >= 11 is 1.05. The molecule has 9 heteroatoms. The van der Waals surface area contributed by atoms with Crippen LogP contribution in [-0.4, -0.2) is 26.2 Å². The predicted octanol–water partition coefficient (Wildman–Crippen LogP) is 3.36. The van der Waals surface area contributed by atoms with E-state index < -0.39 is 10.0 Å². The van der Waals surface area contributed by atoms with E-state index in [2.05, 4.69) is 4.72 Å². The van der Waals surface area contributed by atoms with Crippen LogP contribution in [0, 0.1) is 0 Å². The summed E-state index contributed by atoms with van der Waals surface area (Å²) < 4.78 is 41.5. The van der Waals surface area contributed by atoms with Gasteiger partial charge in [-0.05, 0) is 56.7 Å². The Morgan fingerprint density at radius 2 is 1.72 bits per heavy atom. The average Bonchev–Trinajstić information content (AvgIpc) is 3.02. The SMILES string of the molecule is CCOc1ccc(CNS(=O)(=O)c2ccc3c(c2)sc(=O)n3CC)cc1OCC. The summed E-state index contributed by atoms with van der Waals surface area (Å²) in [6.07, 6.45) is 0. The third kappa shape index (κ3) is 4.63. The first kappa shape index (κ1) is 21.4. The lowest BCUT2D eigenvalue weighted by Crippen LogP contribution is -2.23. The highest BCUT2D eigenvalue weighted by Crippen LogP contribution is 2.29. The number of rotatable bonds is 9. The Balaban J connectivity index is 1.82. The van der Waals surface area contributed by atoms with Crippen molar-refractivity contribution in [3.63, 3.8) is 0 Å². The largest absolute Gasteiger partial charge is 0.490 e. The second-order valence-electron chi connectivity index (χ2n) is 6.21. The number of hydrogen-bond acceptors (Lipinski definition) is 6. The van der Waals surface area contributed by atoms with Gasteiger partial charge in [-0.1, -0.05) is 17.4 Å². The van der Waals surface area contributed by atoms with Gasteiger partial charge in [-0.2, -0.15) is 0 Å². The fourth-order valence-electron chi connectivity index (χ4n) is 2.98. The molecule has 0 atom stereocenters. The van der Waals surface area contributed by atoms with Crippen molar-refractivity contribution in [2.75, 3.05) is 13.2 Å². The molecule has 0 saturated carbocycles. The Kier molecular flexibility index (Phi) is 6.61. The molecule has 7 nitrogen and oxygen atoms in total. The van der Waals surface area contributed by atoms with Crippen LogP contribution in [-0.2, 0) is 23.1 Å². The topological polar surface area (TPSA) is 86.6 Å². The number of aromatic nitrogens is 1. The van der Waals surface area contributed by atoms with E-state index >= 15 is 0 Å². The Morgan fingerprint density at radius 3 is 2.41 bits per heavy atom. The molecule has 2 aromatic carbocycles. The van der Waals surface area contributed by atoms with E-state index in [-0.39, 0.29) is 16.3 Å². The fourth-order valence-corrected chi connectivity index (χ4v) is 5.09. The van der Waals surface area contributed by atoms with Crippen molar-refractivity contribution in [3.05, 3.63) is 51.6 Å². The zero-order valence-electron chi connectivity index (χ0n) is 16.6. The Bertz CT molecular complexity index is 1170. The maximum atomic E-state index is 12.7. The zero-order valence-corrected chi connectivity index (χ0v) is 18.2. The van der Waals surface area contributed by atoms with Crippen molar-refractivity contribution in [2.45, 2.75) is 38.8 Å². The first-order valence-electron chi connectivity index (χ1n) is 9.41. The molecule has 1 aromatic heterocycles. The summed E-state index contributed by atoms with van der Waals surface area (Å²) in [5, 5.41) is 0. The molecule has 29 heavy (non-hydrogen) atoms. The van der Waals surface area contributed by atoms with Crippen molar-refractivity contribution in [1.29, 1.82) is 0 Å². The summed E-state index contributed by atoms with van der Waals surface area (Å²) in [6.45, 7) is 7.30. The van der Waals surface area contributed by atoms with E-state index in [1.165, 1.54) is 6.07 Å².